The Morgan fingerprint density at radius 3 is 1.64 bits per heavy atom. The third-order valence-corrected chi connectivity index (χ3v) is 8.34. The molecule has 0 fully saturated rings. The first-order valence-electron chi connectivity index (χ1n) is 13.5. The van der Waals surface area contributed by atoms with Crippen molar-refractivity contribution in [3.05, 3.63) is 127 Å². The molecule has 6 aromatic carbocycles. The first kappa shape index (κ1) is 20.9. The van der Waals surface area contributed by atoms with Crippen molar-refractivity contribution in [3.8, 4) is 11.4 Å². The Kier molecular flexibility index (Phi) is 4.11. The number of aromatic nitrogens is 2. The molecule has 3 heteroatoms. The standard InChI is InChI=1S/C36H23N3/c1-2-8-24(9-3-1)38-33-12-6-4-10-26(33)28-15-18-31-30(35(28)38)17-16-29-27-11-5-7-13-34(27)39(36(29)31)25-14-19-32-23(22-25)20-21-37-32/h1-19,21-22H,20H2. The van der Waals surface area contributed by atoms with Gasteiger partial charge in [-0.15, -0.1) is 0 Å². The summed E-state index contributed by atoms with van der Waals surface area (Å²) in [7, 11) is 0. The lowest BCUT2D eigenvalue weighted by atomic mass is 10.0. The Bertz CT molecular complexity index is 2300. The van der Waals surface area contributed by atoms with Crippen LogP contribution < -0.4 is 0 Å². The van der Waals surface area contributed by atoms with Crippen LogP contribution in [0.4, 0.5) is 5.69 Å². The first-order chi connectivity index (χ1) is 19.4. The number of rotatable bonds is 2. The summed E-state index contributed by atoms with van der Waals surface area (Å²) in [5.41, 5.74) is 9.68. The highest BCUT2D eigenvalue weighted by Gasteiger charge is 2.20. The zero-order valence-corrected chi connectivity index (χ0v) is 21.2. The van der Waals surface area contributed by atoms with Gasteiger partial charge in [0.15, 0.2) is 0 Å². The summed E-state index contributed by atoms with van der Waals surface area (Å²) in [4.78, 5) is 4.55. The zero-order valence-electron chi connectivity index (χ0n) is 21.2. The number of hydrogen-bond donors (Lipinski definition) is 0. The van der Waals surface area contributed by atoms with Gasteiger partial charge < -0.3 is 9.13 Å². The van der Waals surface area contributed by atoms with Crippen LogP contribution in [-0.4, -0.2) is 15.3 Å². The third kappa shape index (κ3) is 2.79. The topological polar surface area (TPSA) is 22.2 Å². The Hall–Kier alpha value is -5.15. The molecule has 0 atom stereocenters. The summed E-state index contributed by atoms with van der Waals surface area (Å²) in [6.07, 6.45) is 2.90. The van der Waals surface area contributed by atoms with E-state index in [4.69, 9.17) is 0 Å². The Morgan fingerprint density at radius 1 is 0.462 bits per heavy atom. The molecule has 1 aliphatic rings. The third-order valence-electron chi connectivity index (χ3n) is 8.34. The highest BCUT2D eigenvalue weighted by atomic mass is 15.0. The van der Waals surface area contributed by atoms with Crippen LogP contribution in [0.25, 0.3) is 65.8 Å². The van der Waals surface area contributed by atoms with Crippen LogP contribution in [0.1, 0.15) is 5.56 Å². The number of benzene rings is 6. The molecule has 0 spiro atoms. The van der Waals surface area contributed by atoms with Gasteiger partial charge in [-0.25, -0.2) is 0 Å². The van der Waals surface area contributed by atoms with Crippen molar-refractivity contribution < 1.29 is 0 Å². The summed E-state index contributed by atoms with van der Waals surface area (Å²) in [5, 5.41) is 7.61. The van der Waals surface area contributed by atoms with Crippen LogP contribution in [0, 0.1) is 0 Å². The molecule has 3 heterocycles. The van der Waals surface area contributed by atoms with Gasteiger partial charge in [-0.3, -0.25) is 4.99 Å². The van der Waals surface area contributed by atoms with Gasteiger partial charge in [0.1, 0.15) is 0 Å². The second-order valence-electron chi connectivity index (χ2n) is 10.4. The monoisotopic (exact) mass is 497 g/mol. The second-order valence-corrected chi connectivity index (χ2v) is 10.4. The maximum atomic E-state index is 4.55. The summed E-state index contributed by atoms with van der Waals surface area (Å²) in [6, 6.07) is 44.2. The molecule has 0 saturated carbocycles. The maximum Gasteiger partial charge on any atom is 0.0663 e. The molecule has 39 heavy (non-hydrogen) atoms. The second kappa shape index (κ2) is 7.68. The average Bonchev–Trinajstić information content (AvgIpc) is 3.69. The van der Waals surface area contributed by atoms with Crippen LogP contribution in [0.15, 0.2) is 126 Å². The minimum atomic E-state index is 0.888. The molecule has 0 N–H and O–H groups in total. The van der Waals surface area contributed by atoms with E-state index < -0.39 is 0 Å². The Labute approximate surface area is 224 Å². The average molecular weight is 498 g/mol. The van der Waals surface area contributed by atoms with Gasteiger partial charge in [0.25, 0.3) is 0 Å². The van der Waals surface area contributed by atoms with Crippen LogP contribution >= 0.6 is 0 Å². The summed E-state index contributed by atoms with van der Waals surface area (Å²) >= 11 is 0. The van der Waals surface area contributed by atoms with Crippen molar-refractivity contribution >= 4 is 66.3 Å². The Balaban J connectivity index is 1.48. The number of nitrogens with zero attached hydrogens (tertiary/aromatic N) is 3. The summed E-state index contributed by atoms with van der Waals surface area (Å²) in [6.45, 7) is 0. The quantitative estimate of drug-likeness (QED) is 0.227. The molecule has 3 nitrogen and oxygen atoms in total. The summed E-state index contributed by atoms with van der Waals surface area (Å²) in [5.74, 6) is 0. The molecule has 0 saturated heterocycles. The van der Waals surface area contributed by atoms with E-state index in [1.165, 1.54) is 71.3 Å². The van der Waals surface area contributed by atoms with Gasteiger partial charge in [-0.2, -0.15) is 0 Å². The molecule has 0 amide bonds. The van der Waals surface area contributed by atoms with Gasteiger partial charge in [-0.05, 0) is 48.0 Å². The van der Waals surface area contributed by atoms with E-state index in [0.717, 1.165) is 12.1 Å². The van der Waals surface area contributed by atoms with E-state index in [-0.39, 0.29) is 0 Å². The van der Waals surface area contributed by atoms with Gasteiger partial charge >= 0.3 is 0 Å². The van der Waals surface area contributed by atoms with Crippen molar-refractivity contribution in [1.29, 1.82) is 0 Å². The highest BCUT2D eigenvalue weighted by molar-refractivity contribution is 6.26. The Morgan fingerprint density at radius 2 is 1.00 bits per heavy atom. The molecule has 8 aromatic rings. The van der Waals surface area contributed by atoms with Crippen molar-refractivity contribution in [1.82, 2.24) is 9.13 Å². The number of aliphatic imine (C=N–C) groups is 1. The largest absolute Gasteiger partial charge is 0.309 e. The maximum absolute atomic E-state index is 4.55. The first-order valence-corrected chi connectivity index (χ1v) is 13.5. The van der Waals surface area contributed by atoms with E-state index in [0.29, 0.717) is 0 Å². The van der Waals surface area contributed by atoms with Crippen LogP contribution in [0.3, 0.4) is 0 Å². The van der Waals surface area contributed by atoms with Crippen molar-refractivity contribution in [2.45, 2.75) is 6.42 Å². The molecule has 0 aliphatic carbocycles. The fraction of sp³-hybridized carbons (Fsp3) is 0.0278. The fourth-order valence-corrected chi connectivity index (χ4v) is 6.68. The van der Waals surface area contributed by atoms with E-state index in [1.807, 2.05) is 6.21 Å². The lowest BCUT2D eigenvalue weighted by molar-refractivity contribution is 1.17. The number of fused-ring (bicyclic) bond motifs is 10. The molecule has 9 rings (SSSR count). The summed E-state index contributed by atoms with van der Waals surface area (Å²) < 4.78 is 4.88. The lowest BCUT2D eigenvalue weighted by Crippen LogP contribution is -1.97. The molecule has 182 valence electrons. The molecule has 2 aromatic heterocycles. The molecule has 0 radical (unpaired) electrons. The normalized spacial score (nSPS) is 12.9. The van der Waals surface area contributed by atoms with Gasteiger partial charge in [0.2, 0.25) is 0 Å². The van der Waals surface area contributed by atoms with E-state index >= 15 is 0 Å². The smallest absolute Gasteiger partial charge is 0.0663 e. The minimum Gasteiger partial charge on any atom is -0.309 e. The highest BCUT2D eigenvalue weighted by Crippen LogP contribution is 2.42. The minimum absolute atomic E-state index is 0.888. The van der Waals surface area contributed by atoms with Crippen LogP contribution in [0.5, 0.6) is 0 Å². The van der Waals surface area contributed by atoms with E-state index in [1.54, 1.807) is 0 Å². The van der Waals surface area contributed by atoms with Crippen molar-refractivity contribution in [2.75, 3.05) is 0 Å². The fourth-order valence-electron chi connectivity index (χ4n) is 6.68. The van der Waals surface area contributed by atoms with Crippen LogP contribution in [0.2, 0.25) is 0 Å². The SMILES string of the molecule is C1=Nc2ccc(-n3c4ccccc4c4ccc5c(ccc6c7ccccc7n(-c7ccccc7)c65)c43)cc2C1. The van der Waals surface area contributed by atoms with E-state index in [2.05, 4.69) is 135 Å². The van der Waals surface area contributed by atoms with Gasteiger partial charge in [0, 0.05) is 56.3 Å². The van der Waals surface area contributed by atoms with Gasteiger partial charge in [-0.1, -0.05) is 78.9 Å². The van der Waals surface area contributed by atoms with Crippen molar-refractivity contribution in [2.24, 2.45) is 4.99 Å². The number of hydrogen-bond acceptors (Lipinski definition) is 1. The zero-order chi connectivity index (χ0) is 25.5. The van der Waals surface area contributed by atoms with Crippen molar-refractivity contribution in [3.63, 3.8) is 0 Å². The molecule has 0 bridgehead atoms. The predicted octanol–water partition coefficient (Wildman–Crippen LogP) is 9.29. The molecular formula is C36H23N3. The predicted molar refractivity (Wildman–Crippen MR) is 164 cm³/mol. The van der Waals surface area contributed by atoms with Crippen LogP contribution in [-0.2, 0) is 6.42 Å². The van der Waals surface area contributed by atoms with E-state index in [9.17, 15) is 0 Å². The molecule has 0 unspecified atom stereocenters. The lowest BCUT2D eigenvalue weighted by Gasteiger charge is -2.13. The molecule has 1 aliphatic heterocycles. The van der Waals surface area contributed by atoms with Gasteiger partial charge in [0.05, 0.1) is 27.8 Å². The molecular weight excluding hydrogens is 474 g/mol. The number of para-hydroxylation sites is 3.